The number of hydrogen-bond donors (Lipinski definition) is 5. The first-order valence-corrected chi connectivity index (χ1v) is 26.4. The maximum Gasteiger partial charge on any atom is 0.116 e. The Balaban J connectivity index is 0.000000161. The number of aromatic amines is 4. The Morgan fingerprint density at radius 1 is 0.564 bits per heavy atom. The van der Waals surface area contributed by atoms with Crippen molar-refractivity contribution in [1.29, 1.82) is 0 Å². The summed E-state index contributed by atoms with van der Waals surface area (Å²) < 4.78 is 0. The molecule has 0 aliphatic carbocycles. The highest BCUT2D eigenvalue weighted by Crippen LogP contribution is 2.37. The van der Waals surface area contributed by atoms with Crippen molar-refractivity contribution in [2.45, 2.75) is 33.6 Å². The van der Waals surface area contributed by atoms with Crippen molar-refractivity contribution in [2.24, 2.45) is 0 Å². The lowest BCUT2D eigenvalue weighted by atomic mass is 9.99. The molecule has 0 bridgehead atoms. The third-order valence-electron chi connectivity index (χ3n) is 14.1. The number of anilines is 1. The number of fused-ring (bicyclic) bond motifs is 4. The molecule has 0 saturated carbocycles. The molecule has 78 heavy (non-hydrogen) atoms. The first kappa shape index (κ1) is 50.3. The van der Waals surface area contributed by atoms with E-state index < -0.39 is 0 Å². The molecule has 10 heterocycles. The fourth-order valence-electron chi connectivity index (χ4n) is 10.1. The van der Waals surface area contributed by atoms with E-state index >= 15 is 0 Å². The largest absolute Gasteiger partial charge is 0.354 e. The lowest BCUT2D eigenvalue weighted by molar-refractivity contribution is 0.371. The molecule has 1 aliphatic heterocycles. The monoisotopic (exact) mass is 1020 g/mol. The molecule has 13 rings (SSSR count). The van der Waals surface area contributed by atoms with E-state index in [-0.39, 0.29) is 0 Å². The van der Waals surface area contributed by atoms with Gasteiger partial charge in [0.25, 0.3) is 0 Å². The van der Waals surface area contributed by atoms with Crippen LogP contribution >= 0.6 is 0 Å². The van der Waals surface area contributed by atoms with E-state index in [4.69, 9.17) is 5.10 Å². The standard InChI is InChI=1S/C32H23N7.C31H30N6.C2H6/c1-20(21-5-3-2-4-6-21)36-25-13-24(16-34-17-25)23-7-8-29-27(14-23)32(39-38-29)30-15-26-28(18-35-19-31(26)37-30)22-9-11-33-12-10-22;1-3-21(20-37-13-5-6-14-37)15-22(4-2)24-7-8-28-26(16-24)31(36-35-28)29-17-25-27(18-33-19-30(25)34-29)23-9-11-32-12-10-23;1-2/h2-19,36-37H,1H2,(H,38,39);3-4,7-12,15-19,34H,1,5-6,13-14,20H2,2H3,(H,35,36);1-2H3/b;21-15+,22-4+;. The summed E-state index contributed by atoms with van der Waals surface area (Å²) in [7, 11) is 0. The molecular weight excluding hydrogens is 963 g/mol. The first-order valence-electron chi connectivity index (χ1n) is 26.4. The van der Waals surface area contributed by atoms with Gasteiger partial charge in [-0.3, -0.25) is 40.0 Å². The van der Waals surface area contributed by atoms with Crippen LogP contribution in [0.3, 0.4) is 0 Å². The molecule has 0 amide bonds. The summed E-state index contributed by atoms with van der Waals surface area (Å²) in [5.74, 6) is 0. The Morgan fingerprint density at radius 3 is 1.73 bits per heavy atom. The quantitative estimate of drug-likeness (QED) is 0.0706. The van der Waals surface area contributed by atoms with Crippen molar-refractivity contribution in [3.05, 3.63) is 219 Å². The van der Waals surface area contributed by atoms with Crippen LogP contribution in [0, 0.1) is 0 Å². The zero-order valence-electron chi connectivity index (χ0n) is 43.9. The lowest BCUT2D eigenvalue weighted by Gasteiger charge is -2.15. The highest BCUT2D eigenvalue weighted by molar-refractivity contribution is 6.03. The van der Waals surface area contributed by atoms with Crippen molar-refractivity contribution in [2.75, 3.05) is 25.0 Å². The second-order valence-electron chi connectivity index (χ2n) is 18.9. The number of nitrogens with zero attached hydrogens (tertiary/aromatic N) is 8. The van der Waals surface area contributed by atoms with Gasteiger partial charge in [0.1, 0.15) is 11.4 Å². The van der Waals surface area contributed by atoms with Crippen LogP contribution in [0.25, 0.3) is 111 Å². The van der Waals surface area contributed by atoms with Gasteiger partial charge in [0.2, 0.25) is 0 Å². The zero-order chi connectivity index (χ0) is 53.4. The van der Waals surface area contributed by atoms with Crippen LogP contribution in [0.15, 0.2) is 208 Å². The van der Waals surface area contributed by atoms with E-state index in [1.807, 2.05) is 106 Å². The van der Waals surface area contributed by atoms with Crippen LogP contribution in [-0.4, -0.2) is 79.8 Å². The number of nitrogens with one attached hydrogen (secondary N) is 5. The second kappa shape index (κ2) is 23.0. The third-order valence-corrected chi connectivity index (χ3v) is 14.1. The number of hydrogen-bond acceptors (Lipinski definition) is 9. The smallest absolute Gasteiger partial charge is 0.116 e. The number of benzene rings is 3. The van der Waals surface area contributed by atoms with Gasteiger partial charge in [0.15, 0.2) is 0 Å². The van der Waals surface area contributed by atoms with Gasteiger partial charge in [-0.2, -0.15) is 10.2 Å². The molecule has 0 unspecified atom stereocenters. The molecule has 0 atom stereocenters. The molecule has 5 N–H and O–H groups in total. The Hall–Kier alpha value is -9.85. The average molecular weight is 1020 g/mol. The lowest BCUT2D eigenvalue weighted by Crippen LogP contribution is -2.21. The van der Waals surface area contributed by atoms with Crippen LogP contribution in [0.1, 0.15) is 44.7 Å². The molecule has 384 valence electrons. The van der Waals surface area contributed by atoms with Gasteiger partial charge < -0.3 is 15.3 Å². The minimum Gasteiger partial charge on any atom is -0.354 e. The van der Waals surface area contributed by atoms with E-state index in [9.17, 15) is 0 Å². The highest BCUT2D eigenvalue weighted by atomic mass is 15.1. The fourth-order valence-corrected chi connectivity index (χ4v) is 10.1. The molecule has 1 saturated heterocycles. The molecule has 1 aliphatic rings. The van der Waals surface area contributed by atoms with Crippen LogP contribution in [0.4, 0.5) is 5.69 Å². The maximum absolute atomic E-state index is 4.69. The summed E-state index contributed by atoms with van der Waals surface area (Å²) in [6, 6.07) is 37.2. The van der Waals surface area contributed by atoms with Crippen LogP contribution in [0.5, 0.6) is 0 Å². The van der Waals surface area contributed by atoms with Gasteiger partial charge in [0, 0.05) is 93.9 Å². The molecule has 12 aromatic rings. The SMILES string of the molecule is C=C(Nc1cncc(-c2ccc3[nH]nc(-c4cc5c(-c6ccncc6)cncc5[nH]4)c3c2)c1)c1ccccc1.C=C/C(=C\C(=C/C)c1ccc2[nH]nc(-c3cc4c(-c5ccncc5)cncc4[nH]3)c2c1)CN1CCCC1.CC. The molecule has 0 spiro atoms. The van der Waals surface area contributed by atoms with Gasteiger partial charge in [-0.05, 0) is 139 Å². The van der Waals surface area contributed by atoms with Crippen molar-refractivity contribution in [1.82, 2.24) is 60.2 Å². The molecule has 13 heteroatoms. The topological polar surface area (TPSA) is 169 Å². The van der Waals surface area contributed by atoms with E-state index in [1.165, 1.54) is 37.1 Å². The van der Waals surface area contributed by atoms with E-state index in [2.05, 4.69) is 147 Å². The molecule has 9 aromatic heterocycles. The summed E-state index contributed by atoms with van der Waals surface area (Å²) in [5.41, 5.74) is 20.2. The number of allylic oxidation sites excluding steroid dienone is 3. The predicted molar refractivity (Wildman–Crippen MR) is 320 cm³/mol. The van der Waals surface area contributed by atoms with Crippen molar-refractivity contribution in [3.8, 4) is 56.2 Å². The summed E-state index contributed by atoms with van der Waals surface area (Å²) in [4.78, 5) is 31.2. The van der Waals surface area contributed by atoms with Gasteiger partial charge in [-0.1, -0.05) is 87.7 Å². The average Bonchev–Trinajstić information content (AvgIpc) is 4.49. The Kier molecular flexibility index (Phi) is 14.8. The second-order valence-corrected chi connectivity index (χ2v) is 18.9. The Morgan fingerprint density at radius 2 is 1.14 bits per heavy atom. The Labute approximate surface area is 452 Å². The van der Waals surface area contributed by atoms with E-state index in [0.29, 0.717) is 0 Å². The Bertz CT molecular complexity index is 4120. The normalized spacial score (nSPS) is 12.9. The van der Waals surface area contributed by atoms with Crippen molar-refractivity contribution in [3.63, 3.8) is 0 Å². The minimum atomic E-state index is 0.821. The van der Waals surface area contributed by atoms with Gasteiger partial charge in [-0.25, -0.2) is 0 Å². The number of rotatable bonds is 13. The van der Waals surface area contributed by atoms with Crippen molar-refractivity contribution < 1.29 is 0 Å². The number of H-pyrrole nitrogens is 4. The van der Waals surface area contributed by atoms with Gasteiger partial charge in [0.05, 0.1) is 57.7 Å². The zero-order valence-corrected chi connectivity index (χ0v) is 43.9. The summed E-state index contributed by atoms with van der Waals surface area (Å²) >= 11 is 0. The predicted octanol–water partition coefficient (Wildman–Crippen LogP) is 15.1. The molecular formula is C65H59N13. The van der Waals surface area contributed by atoms with E-state index in [1.54, 1.807) is 31.0 Å². The summed E-state index contributed by atoms with van der Waals surface area (Å²) in [5, 5.41) is 23.4. The van der Waals surface area contributed by atoms with Crippen LogP contribution < -0.4 is 5.32 Å². The highest BCUT2D eigenvalue weighted by Gasteiger charge is 2.18. The number of aromatic nitrogens is 11. The molecule has 1 fully saturated rings. The first-order chi connectivity index (χ1) is 38.5. The molecule has 0 radical (unpaired) electrons. The number of likely N-dealkylation sites (tertiary alicyclic amines) is 1. The maximum atomic E-state index is 4.69. The summed E-state index contributed by atoms with van der Waals surface area (Å²) in [6.45, 7) is 17.6. The van der Waals surface area contributed by atoms with Crippen LogP contribution in [0.2, 0.25) is 0 Å². The van der Waals surface area contributed by atoms with Gasteiger partial charge >= 0.3 is 0 Å². The van der Waals surface area contributed by atoms with Gasteiger partial charge in [-0.15, -0.1) is 0 Å². The molecule has 13 nitrogen and oxygen atoms in total. The third kappa shape index (κ3) is 10.5. The van der Waals surface area contributed by atoms with Crippen molar-refractivity contribution >= 4 is 60.6 Å². The summed E-state index contributed by atoms with van der Waals surface area (Å²) in [6.07, 6.45) is 27.4. The minimum absolute atomic E-state index is 0.821. The molecule has 3 aromatic carbocycles. The fraction of sp³-hybridized carbons (Fsp3) is 0.123. The number of pyridine rings is 5. The van der Waals surface area contributed by atoms with Crippen LogP contribution in [-0.2, 0) is 0 Å². The van der Waals surface area contributed by atoms with E-state index in [0.717, 1.165) is 129 Å².